The van der Waals surface area contributed by atoms with Crippen molar-refractivity contribution in [2.24, 2.45) is 4.99 Å². The largest absolute Gasteiger partial charge is 0.316 e. The van der Waals surface area contributed by atoms with Gasteiger partial charge in [0.2, 0.25) is 0 Å². The second-order valence-corrected chi connectivity index (χ2v) is 5.73. The Morgan fingerprint density at radius 3 is 2.70 bits per heavy atom. The van der Waals surface area contributed by atoms with Gasteiger partial charge in [-0.05, 0) is 36.4 Å². The van der Waals surface area contributed by atoms with E-state index in [1.54, 1.807) is 18.3 Å². The van der Waals surface area contributed by atoms with Crippen molar-refractivity contribution in [1.29, 1.82) is 0 Å². The van der Waals surface area contributed by atoms with Crippen LogP contribution in [-0.2, 0) is 0 Å². The Labute approximate surface area is 141 Å². The van der Waals surface area contributed by atoms with E-state index < -0.39 is 4.92 Å². The molecule has 2 aromatic carbocycles. The third-order valence-corrected chi connectivity index (χ3v) is 3.75. The summed E-state index contributed by atoms with van der Waals surface area (Å²) in [5.74, 6) is 0. The molecule has 3 aromatic rings. The van der Waals surface area contributed by atoms with Crippen LogP contribution in [-0.4, -0.2) is 15.7 Å². The van der Waals surface area contributed by atoms with Crippen LogP contribution in [0.4, 0.5) is 11.4 Å². The molecule has 6 heteroatoms. The highest BCUT2D eigenvalue weighted by molar-refractivity contribution is 9.10. The van der Waals surface area contributed by atoms with Gasteiger partial charge in [0.05, 0.1) is 22.5 Å². The first-order chi connectivity index (χ1) is 11.1. The Hall–Kier alpha value is -2.73. The van der Waals surface area contributed by atoms with Gasteiger partial charge in [-0.1, -0.05) is 28.1 Å². The van der Waals surface area contributed by atoms with E-state index >= 15 is 0 Å². The Bertz CT molecular complexity index is 887. The van der Waals surface area contributed by atoms with Crippen LogP contribution < -0.4 is 0 Å². The molecular weight excluding hydrogens is 358 g/mol. The van der Waals surface area contributed by atoms with E-state index in [9.17, 15) is 10.1 Å². The van der Waals surface area contributed by atoms with Gasteiger partial charge in [0.25, 0.3) is 5.69 Å². The molecule has 0 spiro atoms. The van der Waals surface area contributed by atoms with Gasteiger partial charge in [0.15, 0.2) is 0 Å². The van der Waals surface area contributed by atoms with Gasteiger partial charge < -0.3 is 4.57 Å². The molecule has 23 heavy (non-hydrogen) atoms. The molecule has 0 N–H and O–H groups in total. The van der Waals surface area contributed by atoms with Gasteiger partial charge in [-0.15, -0.1) is 0 Å². The molecule has 0 aliphatic heterocycles. The lowest BCUT2D eigenvalue weighted by molar-refractivity contribution is -0.384. The number of nitro groups is 1. The number of aliphatic imine (C=N–C) groups is 1. The molecule has 1 aromatic heterocycles. The summed E-state index contributed by atoms with van der Waals surface area (Å²) < 4.78 is 2.98. The van der Waals surface area contributed by atoms with Crippen molar-refractivity contribution < 1.29 is 4.92 Å². The number of nitro benzene ring substituents is 1. The van der Waals surface area contributed by atoms with Crippen LogP contribution >= 0.6 is 15.9 Å². The SMILES string of the molecule is O=[N+]([O-])c1cccc(N=Cc2cccn2-c2cccc(Br)c2)c1. The fraction of sp³-hybridized carbons (Fsp3) is 0. The first-order valence-corrected chi connectivity index (χ1v) is 7.64. The van der Waals surface area contributed by atoms with Gasteiger partial charge in [-0.3, -0.25) is 15.1 Å². The van der Waals surface area contributed by atoms with Crippen molar-refractivity contribution in [2.45, 2.75) is 0 Å². The van der Waals surface area contributed by atoms with Crippen molar-refractivity contribution in [3.63, 3.8) is 0 Å². The van der Waals surface area contributed by atoms with Crippen LogP contribution in [0.3, 0.4) is 0 Å². The minimum Gasteiger partial charge on any atom is -0.316 e. The molecule has 0 aliphatic rings. The molecular formula is C17H12BrN3O2. The van der Waals surface area contributed by atoms with Crippen molar-refractivity contribution in [3.8, 4) is 5.69 Å². The van der Waals surface area contributed by atoms with E-state index in [4.69, 9.17) is 0 Å². The maximum Gasteiger partial charge on any atom is 0.271 e. The molecule has 0 fully saturated rings. The Balaban J connectivity index is 1.91. The molecule has 0 radical (unpaired) electrons. The third kappa shape index (κ3) is 3.54. The fourth-order valence-corrected chi connectivity index (χ4v) is 2.58. The summed E-state index contributed by atoms with van der Waals surface area (Å²) in [6.45, 7) is 0. The summed E-state index contributed by atoms with van der Waals surface area (Å²) in [5, 5.41) is 10.8. The van der Waals surface area contributed by atoms with Crippen LogP contribution in [0.15, 0.2) is 76.3 Å². The summed E-state index contributed by atoms with van der Waals surface area (Å²) in [6, 6.07) is 18.0. The molecule has 1 heterocycles. The number of nitrogens with zero attached hydrogens (tertiary/aromatic N) is 3. The molecule has 0 amide bonds. The summed E-state index contributed by atoms with van der Waals surface area (Å²) >= 11 is 3.46. The molecule has 0 bridgehead atoms. The predicted molar refractivity (Wildman–Crippen MR) is 93.8 cm³/mol. The number of rotatable bonds is 4. The van der Waals surface area contributed by atoms with Gasteiger partial charge in [-0.25, -0.2) is 0 Å². The second-order valence-electron chi connectivity index (χ2n) is 4.82. The average molecular weight is 370 g/mol. The maximum atomic E-state index is 10.8. The van der Waals surface area contributed by atoms with Crippen LogP contribution in [0.1, 0.15) is 5.69 Å². The van der Waals surface area contributed by atoms with Crippen LogP contribution in [0, 0.1) is 10.1 Å². The topological polar surface area (TPSA) is 60.4 Å². The maximum absolute atomic E-state index is 10.8. The van der Waals surface area contributed by atoms with Gasteiger partial charge in [0.1, 0.15) is 0 Å². The average Bonchev–Trinajstić information content (AvgIpc) is 3.02. The smallest absolute Gasteiger partial charge is 0.271 e. The number of hydrogen-bond donors (Lipinski definition) is 0. The molecule has 0 saturated carbocycles. The zero-order valence-corrected chi connectivity index (χ0v) is 13.6. The number of benzene rings is 2. The normalized spacial score (nSPS) is 11.0. The van der Waals surface area contributed by atoms with E-state index in [-0.39, 0.29) is 5.69 Å². The number of halogens is 1. The fourth-order valence-electron chi connectivity index (χ4n) is 2.19. The standard InChI is InChI=1S/C17H12BrN3O2/c18-13-4-1-6-15(10-13)20-9-3-8-17(20)12-19-14-5-2-7-16(11-14)21(22)23/h1-12H. The Kier molecular flexibility index (Phi) is 4.34. The van der Waals surface area contributed by atoms with E-state index in [0.29, 0.717) is 5.69 Å². The van der Waals surface area contributed by atoms with Crippen molar-refractivity contribution in [3.05, 3.63) is 87.1 Å². The van der Waals surface area contributed by atoms with Crippen molar-refractivity contribution in [2.75, 3.05) is 0 Å². The second kappa shape index (κ2) is 6.58. The van der Waals surface area contributed by atoms with Crippen LogP contribution in [0.2, 0.25) is 0 Å². The summed E-state index contributed by atoms with van der Waals surface area (Å²) in [4.78, 5) is 14.7. The van der Waals surface area contributed by atoms with Gasteiger partial charge in [0, 0.05) is 28.5 Å². The molecule has 5 nitrogen and oxygen atoms in total. The van der Waals surface area contributed by atoms with Gasteiger partial charge in [-0.2, -0.15) is 0 Å². The molecule has 0 atom stereocenters. The van der Waals surface area contributed by atoms with Crippen LogP contribution in [0.5, 0.6) is 0 Å². The lowest BCUT2D eigenvalue weighted by Gasteiger charge is -2.06. The minimum atomic E-state index is -0.427. The Morgan fingerprint density at radius 1 is 1.09 bits per heavy atom. The summed E-state index contributed by atoms with van der Waals surface area (Å²) in [6.07, 6.45) is 3.64. The van der Waals surface area contributed by atoms with Gasteiger partial charge >= 0.3 is 0 Å². The van der Waals surface area contributed by atoms with E-state index in [0.717, 1.165) is 15.9 Å². The monoisotopic (exact) mass is 369 g/mol. The lowest BCUT2D eigenvalue weighted by atomic mass is 10.3. The zero-order chi connectivity index (χ0) is 16.2. The molecule has 3 rings (SSSR count). The van der Waals surface area contributed by atoms with E-state index in [1.165, 1.54) is 12.1 Å². The first kappa shape index (κ1) is 15.2. The van der Waals surface area contributed by atoms with E-state index in [1.807, 2.05) is 47.2 Å². The highest BCUT2D eigenvalue weighted by Gasteiger charge is 2.05. The molecule has 114 valence electrons. The first-order valence-electron chi connectivity index (χ1n) is 6.85. The van der Waals surface area contributed by atoms with Crippen molar-refractivity contribution >= 4 is 33.5 Å². The lowest BCUT2D eigenvalue weighted by Crippen LogP contribution is -1.97. The molecule has 0 unspecified atom stereocenters. The molecule has 0 saturated heterocycles. The Morgan fingerprint density at radius 2 is 1.91 bits per heavy atom. The highest BCUT2D eigenvalue weighted by atomic mass is 79.9. The van der Waals surface area contributed by atoms with Crippen molar-refractivity contribution in [1.82, 2.24) is 4.57 Å². The third-order valence-electron chi connectivity index (χ3n) is 3.25. The summed E-state index contributed by atoms with van der Waals surface area (Å²) in [5.41, 5.74) is 2.46. The minimum absolute atomic E-state index is 0.0297. The zero-order valence-electron chi connectivity index (χ0n) is 12.0. The summed E-state index contributed by atoms with van der Waals surface area (Å²) in [7, 11) is 0. The highest BCUT2D eigenvalue weighted by Crippen LogP contribution is 2.21. The predicted octanol–water partition coefficient (Wildman–Crippen LogP) is 4.90. The van der Waals surface area contributed by atoms with E-state index in [2.05, 4.69) is 20.9 Å². The number of hydrogen-bond acceptors (Lipinski definition) is 3. The number of non-ortho nitro benzene ring substituents is 1. The molecule has 0 aliphatic carbocycles. The quantitative estimate of drug-likeness (QED) is 0.373. The van der Waals surface area contributed by atoms with Crippen LogP contribution in [0.25, 0.3) is 5.69 Å². The number of aromatic nitrogens is 1.